The van der Waals surface area contributed by atoms with Crippen molar-refractivity contribution in [3.8, 4) is 17.5 Å². The molecule has 35 heavy (non-hydrogen) atoms. The largest absolute Gasteiger partial charge is 0.491 e. The Kier molecular flexibility index (Phi) is 5.76. The van der Waals surface area contributed by atoms with Crippen molar-refractivity contribution in [2.24, 2.45) is 0 Å². The van der Waals surface area contributed by atoms with Crippen LogP contribution >= 0.6 is 0 Å². The fraction of sp³-hybridized carbons (Fsp3) is 0.269. The average Bonchev–Trinajstić information content (AvgIpc) is 3.26. The second-order valence-corrected chi connectivity index (χ2v) is 8.89. The first-order valence-electron chi connectivity index (χ1n) is 11.1. The number of hydrogen-bond acceptors (Lipinski definition) is 9. The zero-order chi connectivity index (χ0) is 24.7. The second-order valence-electron chi connectivity index (χ2n) is 8.89. The zero-order valence-corrected chi connectivity index (χ0v) is 19.1. The van der Waals surface area contributed by atoms with E-state index in [2.05, 4.69) is 9.97 Å². The minimum Gasteiger partial charge on any atom is -0.491 e. The number of furan rings is 1. The Bertz CT molecular complexity index is 1400. The molecule has 0 radical (unpaired) electrons. The summed E-state index contributed by atoms with van der Waals surface area (Å²) in [5.74, 6) is 1.28. The average molecular weight is 476 g/mol. The molecule has 5 rings (SSSR count). The summed E-state index contributed by atoms with van der Waals surface area (Å²) < 4.78 is 17.5. The fourth-order valence-corrected chi connectivity index (χ4v) is 4.25. The van der Waals surface area contributed by atoms with Crippen LogP contribution in [0.1, 0.15) is 41.1 Å². The summed E-state index contributed by atoms with van der Waals surface area (Å²) in [5.41, 5.74) is 1.61. The van der Waals surface area contributed by atoms with Gasteiger partial charge in [-0.25, -0.2) is 9.97 Å². The summed E-state index contributed by atoms with van der Waals surface area (Å²) in [6, 6.07) is 12.2. The van der Waals surface area contributed by atoms with E-state index in [1.807, 2.05) is 13.8 Å². The molecule has 0 saturated heterocycles. The predicted molar refractivity (Wildman–Crippen MR) is 125 cm³/mol. The van der Waals surface area contributed by atoms with E-state index < -0.39 is 24.2 Å². The quantitative estimate of drug-likeness (QED) is 0.368. The highest BCUT2D eigenvalue weighted by atomic mass is 16.5. The molecular formula is C26H24N2O7. The van der Waals surface area contributed by atoms with Crippen LogP contribution in [0.3, 0.4) is 0 Å². The molecule has 4 aromatic rings. The molecule has 3 N–H and O–H groups in total. The van der Waals surface area contributed by atoms with Crippen LogP contribution < -0.4 is 9.47 Å². The molecule has 0 fully saturated rings. The summed E-state index contributed by atoms with van der Waals surface area (Å²) in [4.78, 5) is 21.6. The van der Waals surface area contributed by atoms with Crippen molar-refractivity contribution >= 4 is 16.8 Å². The highest BCUT2D eigenvalue weighted by molar-refractivity contribution is 6.19. The number of aliphatic hydroxyl groups excluding tert-OH is 3. The first-order valence-corrected chi connectivity index (χ1v) is 11.1. The van der Waals surface area contributed by atoms with Crippen LogP contribution in [0.5, 0.6) is 17.5 Å². The van der Waals surface area contributed by atoms with Crippen molar-refractivity contribution in [2.45, 2.75) is 31.5 Å². The molecule has 1 aliphatic carbocycles. The van der Waals surface area contributed by atoms with Gasteiger partial charge in [-0.3, -0.25) is 4.79 Å². The molecule has 9 heteroatoms. The molecule has 2 atom stereocenters. The van der Waals surface area contributed by atoms with E-state index in [1.54, 1.807) is 54.9 Å². The van der Waals surface area contributed by atoms with Crippen LogP contribution in [0.2, 0.25) is 0 Å². The van der Waals surface area contributed by atoms with E-state index >= 15 is 0 Å². The molecule has 0 amide bonds. The summed E-state index contributed by atoms with van der Waals surface area (Å²) >= 11 is 0. The highest BCUT2D eigenvalue weighted by Crippen LogP contribution is 2.46. The maximum absolute atomic E-state index is 13.5. The van der Waals surface area contributed by atoms with E-state index in [4.69, 9.17) is 19.0 Å². The Morgan fingerprint density at radius 3 is 2.51 bits per heavy atom. The van der Waals surface area contributed by atoms with E-state index in [-0.39, 0.29) is 18.4 Å². The van der Waals surface area contributed by atoms with Gasteiger partial charge in [0.15, 0.2) is 5.78 Å². The summed E-state index contributed by atoms with van der Waals surface area (Å²) in [5, 5.41) is 29.1. The van der Waals surface area contributed by atoms with Crippen LogP contribution in [0.4, 0.5) is 0 Å². The molecule has 0 bridgehead atoms. The van der Waals surface area contributed by atoms with Gasteiger partial charge in [0.25, 0.3) is 0 Å². The molecule has 2 aromatic heterocycles. The van der Waals surface area contributed by atoms with E-state index in [0.29, 0.717) is 39.4 Å². The Morgan fingerprint density at radius 2 is 1.77 bits per heavy atom. The summed E-state index contributed by atoms with van der Waals surface area (Å²) in [6.45, 7) is 3.14. The van der Waals surface area contributed by atoms with Crippen molar-refractivity contribution in [3.05, 3.63) is 77.3 Å². The molecule has 2 unspecified atom stereocenters. The fourth-order valence-electron chi connectivity index (χ4n) is 4.25. The summed E-state index contributed by atoms with van der Waals surface area (Å²) in [6.07, 6.45) is 0.618. The zero-order valence-electron chi connectivity index (χ0n) is 19.1. The molecule has 180 valence electrons. The molecule has 0 spiro atoms. The van der Waals surface area contributed by atoms with Crippen molar-refractivity contribution in [2.75, 3.05) is 13.2 Å². The minimum atomic E-state index is -1.30. The van der Waals surface area contributed by atoms with Crippen LogP contribution in [0.15, 0.2) is 59.3 Å². The molecule has 1 aliphatic rings. The molecule has 0 saturated carbocycles. The Balaban J connectivity index is 1.49. The number of aromatic nitrogens is 2. The number of ketones is 1. The van der Waals surface area contributed by atoms with Gasteiger partial charge in [0.2, 0.25) is 0 Å². The van der Waals surface area contributed by atoms with Crippen molar-refractivity contribution in [1.82, 2.24) is 9.97 Å². The number of fused-ring (bicyclic) bond motifs is 4. The van der Waals surface area contributed by atoms with Gasteiger partial charge in [-0.15, -0.1) is 0 Å². The van der Waals surface area contributed by atoms with Crippen molar-refractivity contribution < 1.29 is 34.0 Å². The first kappa shape index (κ1) is 23.0. The number of carbonyl (C=O) groups excluding carboxylic acids is 1. The third kappa shape index (κ3) is 4.03. The maximum Gasteiger partial charge on any atom is 0.321 e. The van der Waals surface area contributed by atoms with Crippen molar-refractivity contribution in [1.29, 1.82) is 0 Å². The topological polar surface area (TPSA) is 135 Å². The van der Waals surface area contributed by atoms with Crippen LogP contribution in [0.25, 0.3) is 11.0 Å². The second kappa shape index (κ2) is 8.77. The molecule has 2 aromatic carbocycles. The van der Waals surface area contributed by atoms with Gasteiger partial charge in [-0.1, -0.05) is 0 Å². The lowest BCUT2D eigenvalue weighted by Crippen LogP contribution is -2.34. The number of hydrogen-bond donors (Lipinski definition) is 3. The van der Waals surface area contributed by atoms with Gasteiger partial charge in [0.1, 0.15) is 41.7 Å². The smallest absolute Gasteiger partial charge is 0.321 e. The van der Waals surface area contributed by atoms with Crippen LogP contribution in [0, 0.1) is 0 Å². The number of aliphatic hydroxyl groups is 3. The van der Waals surface area contributed by atoms with E-state index in [0.717, 1.165) is 5.56 Å². The monoisotopic (exact) mass is 476 g/mol. The summed E-state index contributed by atoms with van der Waals surface area (Å²) in [7, 11) is 0. The molecular weight excluding hydrogens is 452 g/mol. The van der Waals surface area contributed by atoms with Crippen molar-refractivity contribution in [3.63, 3.8) is 0 Å². The van der Waals surface area contributed by atoms with Gasteiger partial charge < -0.3 is 29.2 Å². The Hall–Kier alpha value is -3.79. The van der Waals surface area contributed by atoms with Gasteiger partial charge in [-0.05, 0) is 55.8 Å². The van der Waals surface area contributed by atoms with Crippen LogP contribution in [-0.4, -0.2) is 56.5 Å². The number of benzene rings is 2. The standard InChI is InChI=1S/C26H24N2O7/c1-26(2)18-10-14(33-13-20(31)19(30)12-29)4-6-16(18)23(32)22-17-7-5-15(11-21(17)35-24(22)26)34-25-27-8-3-9-28-25/h3-11,19-20,29-31H,12-13H2,1-2H3. The molecule has 9 nitrogen and oxygen atoms in total. The number of carbonyl (C=O) groups is 1. The number of ether oxygens (including phenoxy) is 2. The lowest BCUT2D eigenvalue weighted by atomic mass is 9.71. The SMILES string of the molecule is CC1(C)c2cc(OCC(O)C(O)CO)ccc2C(=O)c2c1oc1cc(Oc3ncccn3)ccc21. The normalized spacial score (nSPS) is 15.9. The maximum atomic E-state index is 13.5. The highest BCUT2D eigenvalue weighted by Gasteiger charge is 2.41. The van der Waals surface area contributed by atoms with Gasteiger partial charge in [-0.2, -0.15) is 0 Å². The molecule has 2 heterocycles. The third-order valence-corrected chi connectivity index (χ3v) is 6.17. The van der Waals surface area contributed by atoms with Crippen LogP contribution in [-0.2, 0) is 5.41 Å². The van der Waals surface area contributed by atoms with Gasteiger partial charge in [0.05, 0.1) is 12.2 Å². The Labute approximate surface area is 200 Å². The Morgan fingerprint density at radius 1 is 1.03 bits per heavy atom. The van der Waals surface area contributed by atoms with Gasteiger partial charge >= 0.3 is 6.01 Å². The first-order chi connectivity index (χ1) is 16.8. The third-order valence-electron chi connectivity index (χ3n) is 6.17. The lowest BCUT2D eigenvalue weighted by molar-refractivity contribution is -0.0339. The lowest BCUT2D eigenvalue weighted by Gasteiger charge is -2.31. The van der Waals surface area contributed by atoms with E-state index in [1.165, 1.54) is 0 Å². The predicted octanol–water partition coefficient (Wildman–Crippen LogP) is 2.98. The number of rotatable bonds is 7. The minimum absolute atomic E-state index is 0.157. The molecule has 0 aliphatic heterocycles. The van der Waals surface area contributed by atoms with Gasteiger partial charge in [0, 0.05) is 34.8 Å². The number of nitrogens with zero attached hydrogens (tertiary/aromatic N) is 2. The van der Waals surface area contributed by atoms with E-state index in [9.17, 15) is 15.0 Å².